The average Bonchev–Trinajstić information content (AvgIpc) is 2.22. The molecule has 18 heavy (non-hydrogen) atoms. The van der Waals surface area contributed by atoms with Crippen molar-refractivity contribution < 1.29 is 21.6 Å². The second-order valence-corrected chi connectivity index (χ2v) is 8.05. The smallest absolute Gasteiger partial charge is 0.313 e. The summed E-state index contributed by atoms with van der Waals surface area (Å²) in [5.74, 6) is -0.0382. The quantitative estimate of drug-likeness (QED) is 0.791. The molecule has 0 spiro atoms. The number of alkyl halides is 3. The largest absolute Gasteiger partial charge is 0.441 e. The first kappa shape index (κ1) is 16.1. The molecular weight excluding hydrogens is 287 g/mol. The van der Waals surface area contributed by atoms with E-state index in [1.807, 2.05) is 0 Å². The minimum absolute atomic E-state index is 0.0207. The van der Waals surface area contributed by atoms with Crippen molar-refractivity contribution in [3.8, 4) is 0 Å². The van der Waals surface area contributed by atoms with Crippen LogP contribution in [-0.2, 0) is 9.84 Å². The molecule has 0 radical (unpaired) electrons. The summed E-state index contributed by atoms with van der Waals surface area (Å²) in [5, 5.41) is 2.66. The van der Waals surface area contributed by atoms with Gasteiger partial charge in [-0.25, -0.2) is 8.42 Å². The highest BCUT2D eigenvalue weighted by molar-refractivity contribution is 8.00. The number of nitrogens with one attached hydrogen (secondary N) is 1. The molecule has 0 aromatic carbocycles. The van der Waals surface area contributed by atoms with E-state index >= 15 is 0 Å². The fourth-order valence-corrected chi connectivity index (χ4v) is 3.78. The Morgan fingerprint density at radius 3 is 2.56 bits per heavy atom. The van der Waals surface area contributed by atoms with Crippen molar-refractivity contribution in [3.63, 3.8) is 0 Å². The van der Waals surface area contributed by atoms with Gasteiger partial charge in [-0.15, -0.1) is 0 Å². The predicted molar refractivity (Wildman–Crippen MR) is 67.4 cm³/mol. The number of hydrogen-bond donors (Lipinski definition) is 1. The Bertz CT molecular complexity index is 357. The molecule has 3 nitrogen and oxygen atoms in total. The van der Waals surface area contributed by atoms with E-state index in [0.717, 1.165) is 12.8 Å². The molecule has 8 heteroatoms. The van der Waals surface area contributed by atoms with E-state index in [1.165, 1.54) is 6.26 Å². The van der Waals surface area contributed by atoms with Crippen LogP contribution in [0.4, 0.5) is 13.2 Å². The molecular formula is C10H18F3NO2S2. The molecule has 1 aliphatic rings. The number of sulfone groups is 1. The monoisotopic (exact) mass is 305 g/mol. The summed E-state index contributed by atoms with van der Waals surface area (Å²) in [6, 6.07) is 0.0207. The summed E-state index contributed by atoms with van der Waals surface area (Å²) < 4.78 is 58.5. The van der Waals surface area contributed by atoms with Gasteiger partial charge in [-0.3, -0.25) is 0 Å². The van der Waals surface area contributed by atoms with E-state index in [2.05, 4.69) is 5.32 Å². The van der Waals surface area contributed by atoms with Crippen LogP contribution in [0, 0.1) is 0 Å². The van der Waals surface area contributed by atoms with E-state index in [0.29, 0.717) is 12.8 Å². The number of halogens is 3. The van der Waals surface area contributed by atoms with Gasteiger partial charge >= 0.3 is 5.51 Å². The van der Waals surface area contributed by atoms with Crippen LogP contribution in [0.25, 0.3) is 0 Å². The maximum Gasteiger partial charge on any atom is 0.441 e. The van der Waals surface area contributed by atoms with E-state index in [1.54, 1.807) is 0 Å². The van der Waals surface area contributed by atoms with Gasteiger partial charge in [-0.2, -0.15) is 13.2 Å². The zero-order valence-corrected chi connectivity index (χ0v) is 11.8. The van der Waals surface area contributed by atoms with Crippen molar-refractivity contribution in [1.29, 1.82) is 0 Å². The number of hydrogen-bond acceptors (Lipinski definition) is 4. The molecule has 0 bridgehead atoms. The molecule has 0 aliphatic heterocycles. The van der Waals surface area contributed by atoms with Crippen LogP contribution >= 0.6 is 11.8 Å². The van der Waals surface area contributed by atoms with Crippen LogP contribution in [0.15, 0.2) is 0 Å². The second kappa shape index (κ2) is 6.47. The minimum Gasteiger partial charge on any atom is -0.313 e. The van der Waals surface area contributed by atoms with Gasteiger partial charge in [0.2, 0.25) is 0 Å². The van der Waals surface area contributed by atoms with Gasteiger partial charge in [-0.05, 0) is 31.0 Å². The standard InChI is InChI=1S/C10H18F3NO2S2/c1-18(15,16)9-4-2-3-8(7-9)14-5-6-17-10(11,12)13/h8-9,14H,2-7H2,1H3. The van der Waals surface area contributed by atoms with Crippen molar-refractivity contribution in [2.45, 2.75) is 42.5 Å². The molecule has 1 N–H and O–H groups in total. The Hall–Kier alpha value is 0.0500. The van der Waals surface area contributed by atoms with Gasteiger partial charge < -0.3 is 5.32 Å². The first-order valence-corrected chi connectivity index (χ1v) is 8.75. The molecule has 2 unspecified atom stereocenters. The zero-order valence-electron chi connectivity index (χ0n) is 10.2. The van der Waals surface area contributed by atoms with Gasteiger partial charge in [0.05, 0.1) is 5.25 Å². The molecule has 1 aliphatic carbocycles. The molecule has 0 aromatic heterocycles. The van der Waals surface area contributed by atoms with Crippen LogP contribution in [0.2, 0.25) is 0 Å². The minimum atomic E-state index is -4.19. The second-order valence-electron chi connectivity index (χ2n) is 4.56. The third-order valence-corrected chi connectivity index (χ3v) is 5.41. The van der Waals surface area contributed by atoms with E-state index in [-0.39, 0.29) is 35.4 Å². The van der Waals surface area contributed by atoms with Gasteiger partial charge in [0.1, 0.15) is 9.84 Å². The van der Waals surface area contributed by atoms with Gasteiger partial charge in [0.25, 0.3) is 0 Å². The van der Waals surface area contributed by atoms with Crippen molar-refractivity contribution in [3.05, 3.63) is 0 Å². The first-order valence-electron chi connectivity index (χ1n) is 5.81. The molecule has 1 rings (SSSR count). The zero-order chi connectivity index (χ0) is 13.8. The number of thioether (sulfide) groups is 1. The Kier molecular flexibility index (Phi) is 5.79. The lowest BCUT2D eigenvalue weighted by atomic mass is 9.95. The molecule has 2 atom stereocenters. The van der Waals surface area contributed by atoms with Crippen LogP contribution < -0.4 is 5.32 Å². The summed E-state index contributed by atoms with van der Waals surface area (Å²) in [5.41, 5.74) is -4.19. The fourth-order valence-electron chi connectivity index (χ4n) is 2.15. The summed E-state index contributed by atoms with van der Waals surface area (Å²) in [6.45, 7) is 0.255. The summed E-state index contributed by atoms with van der Waals surface area (Å²) in [7, 11) is -3.04. The highest BCUT2D eigenvalue weighted by atomic mass is 32.2. The third-order valence-electron chi connectivity index (χ3n) is 3.03. The lowest BCUT2D eigenvalue weighted by Crippen LogP contribution is -2.39. The molecule has 0 saturated heterocycles. The summed E-state index contributed by atoms with van der Waals surface area (Å²) in [4.78, 5) is 0. The first-order chi connectivity index (χ1) is 8.18. The van der Waals surface area contributed by atoms with Crippen LogP contribution in [0.5, 0.6) is 0 Å². The van der Waals surface area contributed by atoms with Gasteiger partial charge in [-0.1, -0.05) is 6.42 Å². The Balaban J connectivity index is 2.27. The lowest BCUT2D eigenvalue weighted by molar-refractivity contribution is -0.0327. The Morgan fingerprint density at radius 1 is 1.33 bits per heavy atom. The fraction of sp³-hybridized carbons (Fsp3) is 1.00. The molecule has 1 saturated carbocycles. The normalized spacial score (nSPS) is 26.2. The maximum atomic E-state index is 11.9. The maximum absolute atomic E-state index is 11.9. The van der Waals surface area contributed by atoms with Crippen LogP contribution in [0.1, 0.15) is 25.7 Å². The third kappa shape index (κ3) is 6.29. The van der Waals surface area contributed by atoms with E-state index in [9.17, 15) is 21.6 Å². The topological polar surface area (TPSA) is 46.2 Å². The highest BCUT2D eigenvalue weighted by Crippen LogP contribution is 2.29. The van der Waals surface area contributed by atoms with Crippen molar-refractivity contribution in [1.82, 2.24) is 5.32 Å². The highest BCUT2D eigenvalue weighted by Gasteiger charge is 2.30. The molecule has 0 amide bonds. The molecule has 0 aromatic rings. The molecule has 0 heterocycles. The van der Waals surface area contributed by atoms with Crippen LogP contribution in [-0.4, -0.2) is 43.8 Å². The summed E-state index contributed by atoms with van der Waals surface area (Å²) >= 11 is -0.0523. The average molecular weight is 305 g/mol. The van der Waals surface area contributed by atoms with Crippen LogP contribution in [0.3, 0.4) is 0 Å². The SMILES string of the molecule is CS(=O)(=O)C1CCCC(NCCSC(F)(F)F)C1. The van der Waals surface area contributed by atoms with E-state index in [4.69, 9.17) is 0 Å². The van der Waals surface area contributed by atoms with Crippen molar-refractivity contribution >= 4 is 21.6 Å². The predicted octanol–water partition coefficient (Wildman–Crippen LogP) is 2.18. The Morgan fingerprint density at radius 2 is 2.00 bits per heavy atom. The van der Waals surface area contributed by atoms with Gasteiger partial charge in [0.15, 0.2) is 0 Å². The van der Waals surface area contributed by atoms with Crippen molar-refractivity contribution in [2.75, 3.05) is 18.6 Å². The summed E-state index contributed by atoms with van der Waals surface area (Å²) in [6.07, 6.45) is 4.04. The van der Waals surface area contributed by atoms with Crippen molar-refractivity contribution in [2.24, 2.45) is 0 Å². The lowest BCUT2D eigenvalue weighted by Gasteiger charge is -2.28. The van der Waals surface area contributed by atoms with Gasteiger partial charge in [0, 0.05) is 24.6 Å². The Labute approximate surface area is 110 Å². The number of rotatable bonds is 5. The van der Waals surface area contributed by atoms with E-state index < -0.39 is 15.3 Å². The molecule has 108 valence electrons. The molecule has 1 fully saturated rings.